The van der Waals surface area contributed by atoms with E-state index in [2.05, 4.69) is 24.1 Å². The Morgan fingerprint density at radius 3 is 2.76 bits per heavy atom. The summed E-state index contributed by atoms with van der Waals surface area (Å²) in [6.45, 7) is 7.00. The highest BCUT2D eigenvalue weighted by atomic mass is 32.2. The van der Waals surface area contributed by atoms with Gasteiger partial charge in [-0.25, -0.2) is 4.98 Å². The molecule has 0 aliphatic rings. The SMILES string of the molecule is COCCCNC(=O)[C@H](C)[S@](=O)Cc1csc(C(C)C)n1. The average Bonchev–Trinajstić information content (AvgIpc) is 2.91. The van der Waals surface area contributed by atoms with Crippen LogP contribution in [0.25, 0.3) is 0 Å². The number of hydrogen-bond donors (Lipinski definition) is 1. The maximum atomic E-state index is 12.2. The van der Waals surface area contributed by atoms with Crippen molar-refractivity contribution in [2.75, 3.05) is 20.3 Å². The molecular weight excluding hydrogens is 308 g/mol. The van der Waals surface area contributed by atoms with Crippen molar-refractivity contribution in [1.82, 2.24) is 10.3 Å². The standard InChI is InChI=1S/C14H24N2O3S2/c1-10(2)14-16-12(8-20-14)9-21(18)11(3)13(17)15-6-5-7-19-4/h8,10-11H,5-7,9H2,1-4H3,(H,15,17)/t11-,21+/m0/s1. The van der Waals surface area contributed by atoms with Crippen molar-refractivity contribution in [1.29, 1.82) is 0 Å². The van der Waals surface area contributed by atoms with Crippen LogP contribution < -0.4 is 5.32 Å². The highest BCUT2D eigenvalue weighted by molar-refractivity contribution is 7.85. The number of rotatable bonds is 9. The molecule has 120 valence electrons. The van der Waals surface area contributed by atoms with Crippen molar-refractivity contribution < 1.29 is 13.7 Å². The molecule has 1 N–H and O–H groups in total. The molecule has 1 amide bonds. The maximum Gasteiger partial charge on any atom is 0.235 e. The van der Waals surface area contributed by atoms with E-state index in [9.17, 15) is 9.00 Å². The minimum atomic E-state index is -1.25. The van der Waals surface area contributed by atoms with E-state index in [4.69, 9.17) is 4.74 Å². The molecule has 0 unspecified atom stereocenters. The molecule has 1 rings (SSSR count). The van der Waals surface area contributed by atoms with Gasteiger partial charge in [0.05, 0.1) is 16.5 Å². The Morgan fingerprint density at radius 1 is 1.48 bits per heavy atom. The molecule has 0 aliphatic heterocycles. The van der Waals surface area contributed by atoms with Crippen molar-refractivity contribution in [2.45, 2.75) is 44.1 Å². The molecule has 21 heavy (non-hydrogen) atoms. The van der Waals surface area contributed by atoms with Crippen LogP contribution in [-0.2, 0) is 26.1 Å². The number of nitrogens with zero attached hydrogens (tertiary/aromatic N) is 1. The van der Waals surface area contributed by atoms with E-state index in [-0.39, 0.29) is 5.91 Å². The quantitative estimate of drug-likeness (QED) is 0.703. The summed E-state index contributed by atoms with van der Waals surface area (Å²) in [5, 5.41) is 5.21. The topological polar surface area (TPSA) is 68.3 Å². The molecule has 0 fully saturated rings. The first-order chi connectivity index (χ1) is 9.95. The van der Waals surface area contributed by atoms with Gasteiger partial charge in [-0.1, -0.05) is 13.8 Å². The fourth-order valence-electron chi connectivity index (χ4n) is 1.62. The molecule has 2 atom stereocenters. The van der Waals surface area contributed by atoms with E-state index >= 15 is 0 Å². The van der Waals surface area contributed by atoms with Gasteiger partial charge < -0.3 is 10.1 Å². The van der Waals surface area contributed by atoms with Crippen molar-refractivity contribution in [2.24, 2.45) is 0 Å². The number of ether oxygens (including phenoxy) is 1. The zero-order chi connectivity index (χ0) is 15.8. The number of hydrogen-bond acceptors (Lipinski definition) is 5. The monoisotopic (exact) mass is 332 g/mol. The average molecular weight is 332 g/mol. The summed E-state index contributed by atoms with van der Waals surface area (Å²) in [6, 6.07) is 0. The van der Waals surface area contributed by atoms with Crippen LogP contribution in [0.2, 0.25) is 0 Å². The van der Waals surface area contributed by atoms with Crippen LogP contribution in [0.5, 0.6) is 0 Å². The van der Waals surface area contributed by atoms with Gasteiger partial charge in [0.2, 0.25) is 5.91 Å². The van der Waals surface area contributed by atoms with Gasteiger partial charge in [0.1, 0.15) is 5.25 Å². The fourth-order valence-corrected chi connectivity index (χ4v) is 3.57. The molecule has 0 spiro atoms. The van der Waals surface area contributed by atoms with Crippen molar-refractivity contribution in [3.63, 3.8) is 0 Å². The summed E-state index contributed by atoms with van der Waals surface area (Å²) in [7, 11) is 0.372. The number of methoxy groups -OCH3 is 1. The molecule has 0 radical (unpaired) electrons. The largest absolute Gasteiger partial charge is 0.385 e. The molecule has 7 heteroatoms. The number of carbonyl (C=O) groups excluding carboxylic acids is 1. The number of nitrogens with one attached hydrogen (secondary N) is 1. The Labute approximate surface area is 133 Å². The summed E-state index contributed by atoms with van der Waals surface area (Å²) in [5.41, 5.74) is 0.807. The zero-order valence-corrected chi connectivity index (χ0v) is 14.7. The lowest BCUT2D eigenvalue weighted by Crippen LogP contribution is -2.36. The molecule has 0 saturated heterocycles. The predicted octanol–water partition coefficient (Wildman–Crippen LogP) is 2.06. The van der Waals surface area contributed by atoms with Crippen LogP contribution in [0.3, 0.4) is 0 Å². The van der Waals surface area contributed by atoms with Crippen molar-refractivity contribution in [3.8, 4) is 0 Å². The van der Waals surface area contributed by atoms with Gasteiger partial charge in [-0.05, 0) is 13.3 Å². The predicted molar refractivity (Wildman–Crippen MR) is 87.0 cm³/mol. The molecule has 0 aliphatic carbocycles. The van der Waals surface area contributed by atoms with Crippen molar-refractivity contribution >= 4 is 28.0 Å². The summed E-state index contributed by atoms with van der Waals surface area (Å²) < 4.78 is 17.1. The molecule has 0 bridgehead atoms. The third kappa shape index (κ3) is 6.23. The molecule has 1 aromatic rings. The smallest absolute Gasteiger partial charge is 0.235 e. The lowest BCUT2D eigenvalue weighted by atomic mass is 10.2. The second kappa shape index (κ2) is 9.27. The molecule has 1 heterocycles. The maximum absolute atomic E-state index is 12.2. The second-order valence-corrected chi connectivity index (χ2v) is 7.78. The number of aromatic nitrogens is 1. The van der Waals surface area contributed by atoms with E-state index in [1.807, 2.05) is 5.38 Å². The molecular formula is C14H24N2O3S2. The third-order valence-electron chi connectivity index (χ3n) is 2.94. The Hall–Kier alpha value is -0.790. The highest BCUT2D eigenvalue weighted by Gasteiger charge is 2.20. The van der Waals surface area contributed by atoms with Crippen LogP contribution in [0.4, 0.5) is 0 Å². The number of carbonyl (C=O) groups is 1. The van der Waals surface area contributed by atoms with Gasteiger partial charge in [0.25, 0.3) is 0 Å². The van der Waals surface area contributed by atoms with Crippen LogP contribution in [0.1, 0.15) is 43.8 Å². The van der Waals surface area contributed by atoms with E-state index in [0.29, 0.717) is 24.8 Å². The lowest BCUT2D eigenvalue weighted by molar-refractivity contribution is -0.120. The minimum Gasteiger partial charge on any atom is -0.385 e. The van der Waals surface area contributed by atoms with Gasteiger partial charge in [0, 0.05) is 42.4 Å². The third-order valence-corrected chi connectivity index (χ3v) is 5.72. The number of amides is 1. The Morgan fingerprint density at radius 2 is 2.19 bits per heavy atom. The van der Waals surface area contributed by atoms with Crippen LogP contribution >= 0.6 is 11.3 Å². The van der Waals surface area contributed by atoms with E-state index in [0.717, 1.165) is 17.1 Å². The van der Waals surface area contributed by atoms with Crippen LogP contribution in [0.15, 0.2) is 5.38 Å². The lowest BCUT2D eigenvalue weighted by Gasteiger charge is -2.11. The summed E-state index contributed by atoms with van der Waals surface area (Å²) in [6.07, 6.45) is 0.755. The van der Waals surface area contributed by atoms with E-state index in [1.165, 1.54) is 0 Å². The number of thiazole rings is 1. The first kappa shape index (κ1) is 18.3. The fraction of sp³-hybridized carbons (Fsp3) is 0.714. The van der Waals surface area contributed by atoms with Gasteiger partial charge >= 0.3 is 0 Å². The highest BCUT2D eigenvalue weighted by Crippen LogP contribution is 2.20. The zero-order valence-electron chi connectivity index (χ0n) is 13.0. The first-order valence-corrected chi connectivity index (χ1v) is 9.30. The Balaban J connectivity index is 2.44. The van der Waals surface area contributed by atoms with Crippen molar-refractivity contribution in [3.05, 3.63) is 16.1 Å². The van der Waals surface area contributed by atoms with Gasteiger partial charge in [0.15, 0.2) is 0 Å². The van der Waals surface area contributed by atoms with Crippen LogP contribution in [-0.4, -0.2) is 40.6 Å². The van der Waals surface area contributed by atoms with Gasteiger partial charge in [-0.15, -0.1) is 11.3 Å². The normalized spacial score (nSPS) is 14.1. The van der Waals surface area contributed by atoms with E-state index in [1.54, 1.807) is 25.4 Å². The summed E-state index contributed by atoms with van der Waals surface area (Å²) in [4.78, 5) is 16.3. The molecule has 5 nitrogen and oxygen atoms in total. The summed E-state index contributed by atoms with van der Waals surface area (Å²) in [5.74, 6) is 0.526. The van der Waals surface area contributed by atoms with Gasteiger partial charge in [-0.2, -0.15) is 0 Å². The summed E-state index contributed by atoms with van der Waals surface area (Å²) >= 11 is 1.58. The molecule has 1 aromatic heterocycles. The Kier molecular flexibility index (Phi) is 8.06. The first-order valence-electron chi connectivity index (χ1n) is 7.03. The molecule has 0 saturated carbocycles. The second-order valence-electron chi connectivity index (χ2n) is 5.14. The van der Waals surface area contributed by atoms with Gasteiger partial charge in [-0.3, -0.25) is 9.00 Å². The minimum absolute atomic E-state index is 0.177. The van der Waals surface area contributed by atoms with Crippen LogP contribution in [0, 0.1) is 0 Å². The Bertz CT molecular complexity index is 475. The molecule has 0 aromatic carbocycles. The van der Waals surface area contributed by atoms with E-state index < -0.39 is 16.0 Å².